The molecule has 0 radical (unpaired) electrons. The van der Waals surface area contributed by atoms with E-state index in [0.29, 0.717) is 5.56 Å². The van der Waals surface area contributed by atoms with Crippen LogP contribution in [0.2, 0.25) is 0 Å². The van der Waals surface area contributed by atoms with Crippen molar-refractivity contribution in [3.63, 3.8) is 0 Å². The summed E-state index contributed by atoms with van der Waals surface area (Å²) in [6.07, 6.45) is 0. The van der Waals surface area contributed by atoms with Crippen molar-refractivity contribution in [3.8, 4) is 0 Å². The van der Waals surface area contributed by atoms with E-state index in [9.17, 15) is 13.2 Å². The predicted molar refractivity (Wildman–Crippen MR) is 120 cm³/mol. The van der Waals surface area contributed by atoms with Crippen molar-refractivity contribution in [3.05, 3.63) is 101 Å². The zero-order chi connectivity index (χ0) is 22.0. The molecular formula is C24H23N3O3S. The van der Waals surface area contributed by atoms with Gasteiger partial charge in [0.2, 0.25) is 5.91 Å². The number of nitrogens with zero attached hydrogens (tertiary/aromatic N) is 1. The average Bonchev–Trinajstić information content (AvgIpc) is 3.03. The first kappa shape index (κ1) is 20.8. The highest BCUT2D eigenvalue weighted by molar-refractivity contribution is 7.90. The summed E-state index contributed by atoms with van der Waals surface area (Å²) in [6.45, 7) is 3.66. The molecule has 1 heterocycles. The second kappa shape index (κ2) is 8.35. The summed E-state index contributed by atoms with van der Waals surface area (Å²) in [5.74, 6) is -0.115. The number of amides is 1. The molecule has 31 heavy (non-hydrogen) atoms. The second-order valence-electron chi connectivity index (χ2n) is 7.52. The molecule has 0 saturated carbocycles. The summed E-state index contributed by atoms with van der Waals surface area (Å²) in [4.78, 5) is 17.6. The van der Waals surface area contributed by atoms with Crippen LogP contribution in [0.3, 0.4) is 0 Å². The van der Waals surface area contributed by atoms with Crippen LogP contribution in [0.5, 0.6) is 0 Å². The monoisotopic (exact) mass is 433 g/mol. The van der Waals surface area contributed by atoms with Crippen LogP contribution in [0, 0.1) is 6.92 Å². The number of hydrogen-bond acceptors (Lipinski definition) is 4. The summed E-state index contributed by atoms with van der Waals surface area (Å²) in [5.41, 5.74) is 3.51. The van der Waals surface area contributed by atoms with Crippen LogP contribution in [-0.2, 0) is 14.8 Å². The average molecular weight is 434 g/mol. The third-order valence-corrected chi connectivity index (χ3v) is 6.59. The molecule has 0 bridgehead atoms. The summed E-state index contributed by atoms with van der Waals surface area (Å²) >= 11 is 0. The van der Waals surface area contributed by atoms with Crippen LogP contribution in [0.1, 0.15) is 35.2 Å². The minimum atomic E-state index is -3.65. The van der Waals surface area contributed by atoms with Gasteiger partial charge in [-0.15, -0.1) is 0 Å². The normalized spacial score (nSPS) is 17.4. The van der Waals surface area contributed by atoms with Gasteiger partial charge in [-0.25, -0.2) is 8.42 Å². The zero-order valence-corrected chi connectivity index (χ0v) is 18.1. The smallest absolute Gasteiger partial charge is 0.263 e. The van der Waals surface area contributed by atoms with Crippen molar-refractivity contribution in [2.45, 2.75) is 30.8 Å². The molecule has 2 atom stereocenters. The summed E-state index contributed by atoms with van der Waals surface area (Å²) in [5, 5.41) is 3.06. The Morgan fingerprint density at radius 3 is 2.23 bits per heavy atom. The zero-order valence-electron chi connectivity index (χ0n) is 17.2. The number of carbonyl (C=O) groups excluding carboxylic acids is 1. The van der Waals surface area contributed by atoms with Gasteiger partial charge in [-0.05, 0) is 37.1 Å². The standard InChI is InChI=1S/C24H23N3O3S/c1-16-12-14-19(15-13-16)22(18-8-4-3-5-9-18)26-24(28)17(2)25-23-20-10-6-7-11-21(20)31(29,30)27-23/h3-15,17,22H,1-2H3,(H,25,27)(H,26,28)/t17-,22?/m0/s1. The number of carbonyl (C=O) groups is 1. The Morgan fingerprint density at radius 2 is 1.52 bits per heavy atom. The van der Waals surface area contributed by atoms with Crippen LogP contribution in [0.25, 0.3) is 0 Å². The topological polar surface area (TPSA) is 87.6 Å². The SMILES string of the molecule is Cc1ccc(C(NC(=O)[C@H](C)N=C2NS(=O)(=O)c3ccccc32)c2ccccc2)cc1. The van der Waals surface area contributed by atoms with Gasteiger partial charge in [-0.3, -0.25) is 14.5 Å². The Hall–Kier alpha value is -3.45. The molecule has 7 heteroatoms. The highest BCUT2D eigenvalue weighted by Gasteiger charge is 2.31. The van der Waals surface area contributed by atoms with E-state index in [1.165, 1.54) is 6.07 Å². The lowest BCUT2D eigenvalue weighted by Crippen LogP contribution is -2.36. The molecule has 1 unspecified atom stereocenters. The fraction of sp³-hybridized carbons (Fsp3) is 0.167. The van der Waals surface area contributed by atoms with Gasteiger partial charge in [-0.1, -0.05) is 72.3 Å². The van der Waals surface area contributed by atoms with Crippen LogP contribution in [0.15, 0.2) is 88.8 Å². The summed E-state index contributed by atoms with van der Waals surface area (Å²) in [7, 11) is -3.65. The first-order valence-electron chi connectivity index (χ1n) is 9.97. The molecular weight excluding hydrogens is 410 g/mol. The molecule has 0 saturated heterocycles. The largest absolute Gasteiger partial charge is 0.343 e. The van der Waals surface area contributed by atoms with Gasteiger partial charge in [-0.2, -0.15) is 0 Å². The molecule has 158 valence electrons. The molecule has 3 aromatic rings. The minimum Gasteiger partial charge on any atom is -0.343 e. The Labute approximate surface area is 182 Å². The van der Waals surface area contributed by atoms with Gasteiger partial charge in [0.15, 0.2) is 0 Å². The van der Waals surface area contributed by atoms with Gasteiger partial charge < -0.3 is 5.32 Å². The molecule has 1 amide bonds. The van der Waals surface area contributed by atoms with Crippen LogP contribution < -0.4 is 10.0 Å². The molecule has 3 aromatic carbocycles. The Bertz CT molecular complexity index is 1240. The maximum atomic E-state index is 13.0. The molecule has 1 aliphatic rings. The van der Waals surface area contributed by atoms with Crippen molar-refractivity contribution in [1.82, 2.24) is 10.0 Å². The van der Waals surface area contributed by atoms with Crippen molar-refractivity contribution >= 4 is 21.8 Å². The minimum absolute atomic E-state index is 0.170. The number of rotatable bonds is 5. The third-order valence-electron chi connectivity index (χ3n) is 5.20. The number of hydrogen-bond donors (Lipinski definition) is 2. The number of sulfonamides is 1. The quantitative estimate of drug-likeness (QED) is 0.647. The maximum absolute atomic E-state index is 13.0. The van der Waals surface area contributed by atoms with Gasteiger partial charge in [0, 0.05) is 5.56 Å². The van der Waals surface area contributed by atoms with Crippen molar-refractivity contribution < 1.29 is 13.2 Å². The number of aliphatic imine (C=N–C) groups is 1. The lowest BCUT2D eigenvalue weighted by Gasteiger charge is -2.21. The number of fused-ring (bicyclic) bond motifs is 1. The van der Waals surface area contributed by atoms with E-state index in [1.807, 2.05) is 61.5 Å². The lowest BCUT2D eigenvalue weighted by molar-refractivity contribution is -0.122. The molecule has 1 aliphatic heterocycles. The van der Waals surface area contributed by atoms with E-state index in [0.717, 1.165) is 16.7 Å². The van der Waals surface area contributed by atoms with Crippen LogP contribution >= 0.6 is 0 Å². The van der Waals surface area contributed by atoms with Gasteiger partial charge >= 0.3 is 0 Å². The number of benzene rings is 3. The number of amidine groups is 1. The molecule has 4 rings (SSSR count). The number of nitrogens with one attached hydrogen (secondary N) is 2. The fourth-order valence-electron chi connectivity index (χ4n) is 3.51. The molecule has 6 nitrogen and oxygen atoms in total. The van der Waals surface area contributed by atoms with Gasteiger partial charge in [0.05, 0.1) is 10.9 Å². The van der Waals surface area contributed by atoms with Crippen LogP contribution in [-0.4, -0.2) is 26.2 Å². The van der Waals surface area contributed by atoms with E-state index in [-0.39, 0.29) is 22.7 Å². The van der Waals surface area contributed by atoms with Crippen LogP contribution in [0.4, 0.5) is 0 Å². The van der Waals surface area contributed by atoms with E-state index in [4.69, 9.17) is 0 Å². The Balaban J connectivity index is 1.61. The fourth-order valence-corrected chi connectivity index (χ4v) is 4.75. The second-order valence-corrected chi connectivity index (χ2v) is 9.17. The molecule has 0 aliphatic carbocycles. The van der Waals surface area contributed by atoms with Crippen molar-refractivity contribution in [2.75, 3.05) is 0 Å². The van der Waals surface area contributed by atoms with Gasteiger partial charge in [0.1, 0.15) is 11.9 Å². The van der Waals surface area contributed by atoms with Crippen molar-refractivity contribution in [2.24, 2.45) is 4.99 Å². The summed E-state index contributed by atoms with van der Waals surface area (Å²) in [6, 6.07) is 23.2. The first-order chi connectivity index (χ1) is 14.8. The Kier molecular flexibility index (Phi) is 5.61. The third kappa shape index (κ3) is 4.36. The summed E-state index contributed by atoms with van der Waals surface area (Å²) < 4.78 is 27.0. The predicted octanol–water partition coefficient (Wildman–Crippen LogP) is 3.33. The van der Waals surface area contributed by atoms with E-state index < -0.39 is 16.1 Å². The molecule has 0 aromatic heterocycles. The molecule has 2 N–H and O–H groups in total. The number of aryl methyl sites for hydroxylation is 1. The molecule has 0 fully saturated rings. The molecule has 0 spiro atoms. The maximum Gasteiger partial charge on any atom is 0.263 e. The van der Waals surface area contributed by atoms with Crippen molar-refractivity contribution in [1.29, 1.82) is 0 Å². The first-order valence-corrected chi connectivity index (χ1v) is 11.5. The Morgan fingerprint density at radius 1 is 0.903 bits per heavy atom. The van der Waals surface area contributed by atoms with E-state index >= 15 is 0 Å². The lowest BCUT2D eigenvalue weighted by atomic mass is 9.97. The highest BCUT2D eigenvalue weighted by atomic mass is 32.2. The van der Waals surface area contributed by atoms with Gasteiger partial charge in [0.25, 0.3) is 10.0 Å². The van der Waals surface area contributed by atoms with E-state index in [2.05, 4.69) is 15.0 Å². The highest BCUT2D eigenvalue weighted by Crippen LogP contribution is 2.24. The van der Waals surface area contributed by atoms with E-state index in [1.54, 1.807) is 25.1 Å².